The summed E-state index contributed by atoms with van der Waals surface area (Å²) < 4.78 is 10.5. The van der Waals surface area contributed by atoms with Crippen LogP contribution in [-0.4, -0.2) is 54.7 Å². The second-order valence-corrected chi connectivity index (χ2v) is 5.07. The van der Waals surface area contributed by atoms with Gasteiger partial charge in [0.2, 0.25) is 0 Å². The lowest BCUT2D eigenvalue weighted by Crippen LogP contribution is -2.36. The van der Waals surface area contributed by atoms with Crippen molar-refractivity contribution in [3.05, 3.63) is 22.8 Å². The molecule has 1 saturated heterocycles. The van der Waals surface area contributed by atoms with Gasteiger partial charge in [-0.3, -0.25) is 0 Å². The van der Waals surface area contributed by atoms with Gasteiger partial charge in [0.25, 0.3) is 0 Å². The molecule has 7 heteroatoms. The molecular weight excluding hydrogens is 260 g/mol. The normalized spacial score (nSPS) is 22.6. The maximum Gasteiger partial charge on any atom is 0.357 e. The van der Waals surface area contributed by atoms with Gasteiger partial charge in [-0.15, -0.1) is 0 Å². The minimum atomic E-state index is -0.419. The van der Waals surface area contributed by atoms with Gasteiger partial charge in [-0.25, -0.2) is 14.8 Å². The Morgan fingerprint density at radius 2 is 2.30 bits per heavy atom. The van der Waals surface area contributed by atoms with Crippen LogP contribution in [0.5, 0.6) is 0 Å². The van der Waals surface area contributed by atoms with E-state index in [0.717, 1.165) is 24.3 Å². The summed E-state index contributed by atoms with van der Waals surface area (Å²) in [7, 11) is 3.40. The Morgan fingerprint density at radius 1 is 1.45 bits per heavy atom. The van der Waals surface area contributed by atoms with Crippen molar-refractivity contribution >= 4 is 5.97 Å². The summed E-state index contributed by atoms with van der Waals surface area (Å²) in [5.74, 6) is 0.150. The van der Waals surface area contributed by atoms with Crippen LogP contribution in [0.1, 0.15) is 33.7 Å². The molecule has 1 atom stereocenters. The van der Waals surface area contributed by atoms with Crippen LogP contribution in [-0.2, 0) is 22.6 Å². The minimum Gasteiger partial charge on any atom is -0.464 e. The zero-order valence-corrected chi connectivity index (χ0v) is 11.7. The van der Waals surface area contributed by atoms with Crippen molar-refractivity contribution in [2.24, 2.45) is 0 Å². The number of aromatic nitrogens is 2. The van der Waals surface area contributed by atoms with Crippen LogP contribution in [0.25, 0.3) is 0 Å². The molecule has 0 amide bonds. The summed E-state index contributed by atoms with van der Waals surface area (Å²) in [6, 6.07) is 0. The molecule has 108 valence electrons. The molecular formula is C13H18N4O3. The van der Waals surface area contributed by atoms with Crippen molar-refractivity contribution in [3.63, 3.8) is 0 Å². The zero-order chi connectivity index (χ0) is 14.1. The van der Waals surface area contributed by atoms with Crippen LogP contribution in [0.3, 0.4) is 0 Å². The van der Waals surface area contributed by atoms with Gasteiger partial charge in [0.1, 0.15) is 6.10 Å². The molecule has 1 aromatic heterocycles. The van der Waals surface area contributed by atoms with Crippen molar-refractivity contribution in [2.45, 2.75) is 19.2 Å². The molecule has 1 fully saturated rings. The molecule has 7 nitrogen and oxygen atoms in total. The second-order valence-electron chi connectivity index (χ2n) is 5.07. The minimum absolute atomic E-state index is 0.192. The van der Waals surface area contributed by atoms with E-state index in [-0.39, 0.29) is 6.10 Å². The number of likely N-dealkylation sites (N-methyl/N-ethyl adjacent to an activating group) is 1. The number of morpholine rings is 1. The Labute approximate surface area is 117 Å². The lowest BCUT2D eigenvalue weighted by molar-refractivity contribution is -0.0257. The molecule has 3 heterocycles. The fourth-order valence-electron chi connectivity index (χ4n) is 2.53. The third-order valence-corrected chi connectivity index (χ3v) is 3.64. The van der Waals surface area contributed by atoms with Gasteiger partial charge in [-0.1, -0.05) is 0 Å². The van der Waals surface area contributed by atoms with Gasteiger partial charge in [0.05, 0.1) is 19.4 Å². The Hall–Kier alpha value is -1.57. The summed E-state index contributed by atoms with van der Waals surface area (Å²) in [5.41, 5.74) is 2.06. The second kappa shape index (κ2) is 5.43. The fraction of sp³-hybridized carbons (Fsp3) is 0.615. The molecule has 1 aromatic rings. The van der Waals surface area contributed by atoms with E-state index in [2.05, 4.69) is 20.2 Å². The molecule has 0 aliphatic carbocycles. The van der Waals surface area contributed by atoms with E-state index >= 15 is 0 Å². The Balaban J connectivity index is 1.97. The molecule has 2 aliphatic heterocycles. The summed E-state index contributed by atoms with van der Waals surface area (Å²) in [4.78, 5) is 23.0. The van der Waals surface area contributed by atoms with Crippen molar-refractivity contribution in [3.8, 4) is 0 Å². The van der Waals surface area contributed by atoms with E-state index in [1.807, 2.05) is 7.05 Å². The highest BCUT2D eigenvalue weighted by atomic mass is 16.5. The Kier molecular flexibility index (Phi) is 3.64. The number of nitrogens with one attached hydrogen (secondary N) is 1. The molecule has 0 saturated carbocycles. The molecule has 0 bridgehead atoms. The number of esters is 1. The number of carbonyl (C=O) groups is 1. The van der Waals surface area contributed by atoms with Crippen molar-refractivity contribution in [1.29, 1.82) is 0 Å². The topological polar surface area (TPSA) is 76.6 Å². The highest BCUT2D eigenvalue weighted by Crippen LogP contribution is 2.23. The van der Waals surface area contributed by atoms with Crippen molar-refractivity contribution in [2.75, 3.05) is 33.9 Å². The summed E-state index contributed by atoms with van der Waals surface area (Å²) in [5, 5.41) is 3.18. The first kappa shape index (κ1) is 13.4. The number of rotatable bonds is 2. The fourth-order valence-corrected chi connectivity index (χ4v) is 2.53. The maximum absolute atomic E-state index is 11.9. The Morgan fingerprint density at radius 3 is 3.05 bits per heavy atom. The van der Waals surface area contributed by atoms with Gasteiger partial charge in [-0.2, -0.15) is 0 Å². The Bertz CT molecular complexity index is 535. The zero-order valence-electron chi connectivity index (χ0n) is 11.7. The van der Waals surface area contributed by atoms with Crippen LogP contribution in [0.4, 0.5) is 0 Å². The number of nitrogens with zero attached hydrogens (tertiary/aromatic N) is 3. The molecule has 0 aromatic carbocycles. The van der Waals surface area contributed by atoms with Crippen LogP contribution < -0.4 is 5.32 Å². The first-order valence-electron chi connectivity index (χ1n) is 6.68. The number of fused-ring (bicyclic) bond motifs is 1. The van der Waals surface area contributed by atoms with Crippen LogP contribution in [0.2, 0.25) is 0 Å². The maximum atomic E-state index is 11.9. The summed E-state index contributed by atoms with van der Waals surface area (Å²) in [6.45, 7) is 3.52. The highest BCUT2D eigenvalue weighted by Gasteiger charge is 2.28. The number of ether oxygens (including phenoxy) is 2. The number of methoxy groups -OCH3 is 1. The van der Waals surface area contributed by atoms with Crippen LogP contribution in [0.15, 0.2) is 0 Å². The quantitative estimate of drug-likeness (QED) is 0.755. The van der Waals surface area contributed by atoms with Gasteiger partial charge < -0.3 is 19.7 Å². The van der Waals surface area contributed by atoms with E-state index in [1.165, 1.54) is 7.11 Å². The van der Waals surface area contributed by atoms with Gasteiger partial charge in [-0.05, 0) is 7.05 Å². The predicted molar refractivity (Wildman–Crippen MR) is 70.1 cm³/mol. The van der Waals surface area contributed by atoms with E-state index < -0.39 is 5.97 Å². The van der Waals surface area contributed by atoms with E-state index in [1.54, 1.807) is 0 Å². The van der Waals surface area contributed by atoms with Gasteiger partial charge in [0.15, 0.2) is 11.5 Å². The third kappa shape index (κ3) is 2.39. The van der Waals surface area contributed by atoms with Gasteiger partial charge in [0, 0.05) is 31.7 Å². The molecule has 2 aliphatic rings. The summed E-state index contributed by atoms with van der Waals surface area (Å²) >= 11 is 0. The summed E-state index contributed by atoms with van der Waals surface area (Å²) in [6.07, 6.45) is -0.192. The largest absolute Gasteiger partial charge is 0.464 e. The standard InChI is InChI=1S/C13H18N4O3/c1-17-3-4-20-10(7-17)12-15-9-6-14-5-8(9)11(16-12)13(18)19-2/h10,14H,3-7H2,1-2H3. The molecule has 0 spiro atoms. The average molecular weight is 278 g/mol. The van der Waals surface area contributed by atoms with Crippen molar-refractivity contribution < 1.29 is 14.3 Å². The molecule has 1 N–H and O–H groups in total. The van der Waals surface area contributed by atoms with E-state index in [0.29, 0.717) is 31.2 Å². The molecule has 3 rings (SSSR count). The smallest absolute Gasteiger partial charge is 0.357 e. The third-order valence-electron chi connectivity index (χ3n) is 3.64. The van der Waals surface area contributed by atoms with Gasteiger partial charge >= 0.3 is 5.97 Å². The first-order chi connectivity index (χ1) is 9.69. The van der Waals surface area contributed by atoms with Crippen LogP contribution in [0, 0.1) is 0 Å². The molecule has 1 unspecified atom stereocenters. The lowest BCUT2D eigenvalue weighted by Gasteiger charge is -2.29. The molecule has 0 radical (unpaired) electrons. The van der Waals surface area contributed by atoms with Crippen molar-refractivity contribution in [1.82, 2.24) is 20.2 Å². The van der Waals surface area contributed by atoms with E-state index in [9.17, 15) is 4.79 Å². The van der Waals surface area contributed by atoms with E-state index in [4.69, 9.17) is 9.47 Å². The lowest BCUT2D eigenvalue weighted by atomic mass is 10.1. The highest BCUT2D eigenvalue weighted by molar-refractivity contribution is 5.89. The number of carbonyl (C=O) groups excluding carboxylic acids is 1. The number of hydrogen-bond donors (Lipinski definition) is 1. The monoisotopic (exact) mass is 278 g/mol. The SMILES string of the molecule is COC(=O)c1nc(C2CN(C)CCO2)nc2c1CNC2. The van der Waals surface area contributed by atoms with Crippen LogP contribution >= 0.6 is 0 Å². The first-order valence-corrected chi connectivity index (χ1v) is 6.68. The average Bonchev–Trinajstić information content (AvgIpc) is 2.93. The number of hydrogen-bond acceptors (Lipinski definition) is 7. The predicted octanol–water partition coefficient (Wildman–Crippen LogP) is -0.131. The molecule has 20 heavy (non-hydrogen) atoms.